The van der Waals surface area contributed by atoms with Crippen molar-refractivity contribution in [1.82, 2.24) is 8.87 Å². The molecule has 11 heteroatoms. The Morgan fingerprint density at radius 2 is 1.72 bits per heavy atom. The number of hydrogen-bond donors (Lipinski definition) is 1. The molecule has 1 aromatic heterocycles. The summed E-state index contributed by atoms with van der Waals surface area (Å²) in [5, 5.41) is 3.15. The van der Waals surface area contributed by atoms with Gasteiger partial charge in [0.25, 0.3) is 5.91 Å². The van der Waals surface area contributed by atoms with Gasteiger partial charge >= 0.3 is 5.97 Å². The van der Waals surface area contributed by atoms with Crippen LogP contribution in [-0.2, 0) is 19.6 Å². The van der Waals surface area contributed by atoms with E-state index < -0.39 is 28.5 Å². The van der Waals surface area contributed by atoms with E-state index in [9.17, 15) is 18.0 Å². The van der Waals surface area contributed by atoms with Gasteiger partial charge in [0.05, 0.1) is 23.3 Å². The molecular weight excluding hydrogens is 542 g/mol. The van der Waals surface area contributed by atoms with Gasteiger partial charge in [0.1, 0.15) is 5.75 Å². The Balaban J connectivity index is 1.45. The number of benzene rings is 2. The summed E-state index contributed by atoms with van der Waals surface area (Å²) < 4.78 is 40.4. The average molecular weight is 574 g/mol. The molecule has 1 aliphatic heterocycles. The molecule has 0 saturated carbocycles. The van der Waals surface area contributed by atoms with Gasteiger partial charge in [-0.3, -0.25) is 4.79 Å². The van der Waals surface area contributed by atoms with Crippen LogP contribution in [0.5, 0.6) is 5.75 Å². The van der Waals surface area contributed by atoms with Crippen LogP contribution in [0, 0.1) is 20.8 Å². The Hall–Kier alpha value is -3.34. The second-order valence-corrected chi connectivity index (χ2v) is 11.8. The fourth-order valence-electron chi connectivity index (χ4n) is 4.78. The number of piperidine rings is 1. The van der Waals surface area contributed by atoms with E-state index in [1.807, 2.05) is 11.5 Å². The fourth-order valence-corrected chi connectivity index (χ4v) is 6.72. The molecule has 0 spiro atoms. The van der Waals surface area contributed by atoms with Gasteiger partial charge in [0.15, 0.2) is 6.61 Å². The molecule has 208 valence electrons. The van der Waals surface area contributed by atoms with Crippen molar-refractivity contribution >= 4 is 39.2 Å². The molecule has 0 bridgehead atoms. The predicted octanol–water partition coefficient (Wildman–Crippen LogP) is 5.03. The molecule has 9 nitrogen and oxygen atoms in total. The maximum atomic E-state index is 13.2. The van der Waals surface area contributed by atoms with Gasteiger partial charge in [-0.2, -0.15) is 4.31 Å². The molecule has 1 aliphatic rings. The van der Waals surface area contributed by atoms with Crippen LogP contribution < -0.4 is 10.1 Å². The number of anilines is 1. The Labute approximate surface area is 233 Å². The molecule has 2 aromatic carbocycles. The number of halogens is 1. The average Bonchev–Trinajstić information content (AvgIpc) is 3.22. The topological polar surface area (TPSA) is 107 Å². The van der Waals surface area contributed by atoms with Crippen LogP contribution >= 0.6 is 11.6 Å². The van der Waals surface area contributed by atoms with Crippen molar-refractivity contribution in [3.05, 3.63) is 70.0 Å². The summed E-state index contributed by atoms with van der Waals surface area (Å²) in [5.41, 5.74) is 3.23. The summed E-state index contributed by atoms with van der Waals surface area (Å²) in [6, 6.07) is 11.6. The first-order chi connectivity index (χ1) is 18.5. The zero-order valence-corrected chi connectivity index (χ0v) is 24.0. The lowest BCUT2D eigenvalue weighted by Crippen LogP contribution is -2.36. The first-order valence-electron chi connectivity index (χ1n) is 12.6. The molecule has 0 aliphatic carbocycles. The number of amides is 1. The molecule has 39 heavy (non-hydrogen) atoms. The molecular formula is C28H32ClN3O6S. The maximum absolute atomic E-state index is 13.2. The van der Waals surface area contributed by atoms with Crippen LogP contribution in [0.1, 0.15) is 46.6 Å². The van der Waals surface area contributed by atoms with E-state index in [-0.39, 0.29) is 4.90 Å². The van der Waals surface area contributed by atoms with Crippen molar-refractivity contribution in [2.24, 2.45) is 0 Å². The van der Waals surface area contributed by atoms with Crippen LogP contribution in [0.25, 0.3) is 5.69 Å². The van der Waals surface area contributed by atoms with E-state index >= 15 is 0 Å². The largest absolute Gasteiger partial charge is 0.495 e. The van der Waals surface area contributed by atoms with Gasteiger partial charge in [-0.05, 0) is 75.6 Å². The van der Waals surface area contributed by atoms with E-state index in [1.165, 1.54) is 10.4 Å². The minimum absolute atomic E-state index is 0.156. The number of carbonyl (C=O) groups is 2. The molecule has 2 heterocycles. The summed E-state index contributed by atoms with van der Waals surface area (Å²) >= 11 is 6.19. The van der Waals surface area contributed by atoms with E-state index in [1.54, 1.807) is 57.4 Å². The molecule has 1 saturated heterocycles. The molecule has 4 rings (SSSR count). The Kier molecular flexibility index (Phi) is 8.68. The molecule has 1 N–H and O–H groups in total. The number of nitrogens with zero attached hydrogens (tertiary/aromatic N) is 2. The monoisotopic (exact) mass is 573 g/mol. The molecule has 1 amide bonds. The standard InChI is InChI=1S/C28H32ClN3O6S/c1-18-8-10-22(16-26(18)39(35,36)31-12-6-5-7-13-31)30-27(33)17-38-28(34)23-14-19(2)32(20(23)3)24-15-21(29)9-11-25(24)37-4/h8-11,14-16H,5-7,12-13,17H2,1-4H3,(H,30,33). The van der Waals surface area contributed by atoms with Gasteiger partial charge in [-0.25, -0.2) is 13.2 Å². The number of hydrogen-bond acceptors (Lipinski definition) is 6. The van der Waals surface area contributed by atoms with Crippen molar-refractivity contribution in [3.63, 3.8) is 0 Å². The number of nitrogens with one attached hydrogen (secondary N) is 1. The van der Waals surface area contributed by atoms with Crippen LogP contribution in [-0.4, -0.2) is 56.0 Å². The number of esters is 1. The van der Waals surface area contributed by atoms with E-state index in [0.717, 1.165) is 25.0 Å². The second kappa shape index (κ2) is 11.8. The quantitative estimate of drug-likeness (QED) is 0.379. The third kappa shape index (κ3) is 6.13. The second-order valence-electron chi connectivity index (χ2n) is 9.51. The van der Waals surface area contributed by atoms with Crippen molar-refractivity contribution in [3.8, 4) is 11.4 Å². The summed E-state index contributed by atoms with van der Waals surface area (Å²) in [6.07, 6.45) is 2.67. The fraction of sp³-hybridized carbons (Fsp3) is 0.357. The third-order valence-electron chi connectivity index (χ3n) is 6.77. The van der Waals surface area contributed by atoms with Crippen molar-refractivity contribution in [2.45, 2.75) is 44.9 Å². The predicted molar refractivity (Wildman–Crippen MR) is 150 cm³/mol. The summed E-state index contributed by atoms with van der Waals surface area (Å²) in [6.45, 7) is 5.76. The minimum atomic E-state index is -3.67. The van der Waals surface area contributed by atoms with Gasteiger partial charge in [0.2, 0.25) is 10.0 Å². The summed E-state index contributed by atoms with van der Waals surface area (Å²) in [7, 11) is -2.12. The van der Waals surface area contributed by atoms with E-state index in [4.69, 9.17) is 21.1 Å². The first-order valence-corrected chi connectivity index (χ1v) is 14.5. The normalized spacial score (nSPS) is 14.2. The lowest BCUT2D eigenvalue weighted by Gasteiger charge is -2.26. The van der Waals surface area contributed by atoms with Gasteiger partial charge in [0, 0.05) is 35.2 Å². The van der Waals surface area contributed by atoms with Crippen LogP contribution in [0.15, 0.2) is 47.4 Å². The summed E-state index contributed by atoms with van der Waals surface area (Å²) in [4.78, 5) is 25.7. The molecule has 3 aromatic rings. The van der Waals surface area contributed by atoms with Gasteiger partial charge < -0.3 is 19.4 Å². The zero-order valence-electron chi connectivity index (χ0n) is 22.4. The van der Waals surface area contributed by atoms with Crippen molar-refractivity contribution in [1.29, 1.82) is 0 Å². The number of methoxy groups -OCH3 is 1. The Bertz CT molecular complexity index is 1510. The van der Waals surface area contributed by atoms with E-state index in [0.29, 0.717) is 52.1 Å². The number of carbonyl (C=O) groups excluding carboxylic acids is 2. The number of aryl methyl sites for hydroxylation is 2. The minimum Gasteiger partial charge on any atom is -0.495 e. The highest BCUT2D eigenvalue weighted by Crippen LogP contribution is 2.31. The Morgan fingerprint density at radius 3 is 2.41 bits per heavy atom. The van der Waals surface area contributed by atoms with Crippen LogP contribution in [0.2, 0.25) is 5.02 Å². The molecule has 0 unspecified atom stereocenters. The highest BCUT2D eigenvalue weighted by Gasteiger charge is 2.28. The van der Waals surface area contributed by atoms with Crippen LogP contribution in [0.4, 0.5) is 5.69 Å². The smallest absolute Gasteiger partial charge is 0.340 e. The van der Waals surface area contributed by atoms with Gasteiger partial charge in [-0.15, -0.1) is 0 Å². The zero-order chi connectivity index (χ0) is 28.3. The number of sulfonamides is 1. The van der Waals surface area contributed by atoms with Gasteiger partial charge in [-0.1, -0.05) is 24.1 Å². The number of ether oxygens (including phenoxy) is 2. The summed E-state index contributed by atoms with van der Waals surface area (Å²) in [5.74, 6) is -0.665. The number of aromatic nitrogens is 1. The van der Waals surface area contributed by atoms with E-state index in [2.05, 4.69) is 5.32 Å². The first kappa shape index (κ1) is 28.7. The maximum Gasteiger partial charge on any atom is 0.340 e. The highest BCUT2D eigenvalue weighted by molar-refractivity contribution is 7.89. The highest BCUT2D eigenvalue weighted by atomic mass is 35.5. The van der Waals surface area contributed by atoms with Crippen molar-refractivity contribution < 1.29 is 27.5 Å². The number of rotatable bonds is 8. The lowest BCUT2D eigenvalue weighted by molar-refractivity contribution is -0.119. The lowest BCUT2D eigenvalue weighted by atomic mass is 10.2. The SMILES string of the molecule is COc1ccc(Cl)cc1-n1c(C)cc(C(=O)OCC(=O)Nc2ccc(C)c(S(=O)(=O)N3CCCCC3)c2)c1C. The third-order valence-corrected chi connectivity index (χ3v) is 9.05. The molecule has 0 radical (unpaired) electrons. The Morgan fingerprint density at radius 1 is 1.00 bits per heavy atom. The van der Waals surface area contributed by atoms with Crippen molar-refractivity contribution in [2.75, 3.05) is 32.1 Å². The molecule has 1 fully saturated rings. The van der Waals surface area contributed by atoms with Crippen LogP contribution in [0.3, 0.4) is 0 Å². The molecule has 0 atom stereocenters.